The molecule has 1 aliphatic rings. The van der Waals surface area contributed by atoms with E-state index in [2.05, 4.69) is 5.32 Å². The summed E-state index contributed by atoms with van der Waals surface area (Å²) >= 11 is 0. The number of hydrogen-bond acceptors (Lipinski definition) is 5. The van der Waals surface area contributed by atoms with E-state index in [0.29, 0.717) is 30.3 Å². The van der Waals surface area contributed by atoms with Gasteiger partial charge >= 0.3 is 5.97 Å². The molecule has 2 N–H and O–H groups in total. The highest BCUT2D eigenvalue weighted by Crippen LogP contribution is 2.32. The number of aliphatic carboxylic acids is 1. The molecule has 94 valence electrons. The molecule has 1 aliphatic heterocycles. The van der Waals surface area contributed by atoms with Crippen molar-refractivity contribution in [2.24, 2.45) is 0 Å². The number of nitriles is 1. The van der Waals surface area contributed by atoms with E-state index in [4.69, 9.17) is 19.8 Å². The van der Waals surface area contributed by atoms with Gasteiger partial charge in [-0.05, 0) is 17.7 Å². The maximum Gasteiger partial charge on any atom is 0.317 e. The number of carboxylic acids is 1. The number of benzene rings is 1. The van der Waals surface area contributed by atoms with Crippen LogP contribution in [0, 0.1) is 11.3 Å². The summed E-state index contributed by atoms with van der Waals surface area (Å²) in [7, 11) is 0. The molecular formula is C12H12N2O4. The van der Waals surface area contributed by atoms with Crippen LogP contribution in [0.15, 0.2) is 18.2 Å². The minimum atomic E-state index is -1.01. The number of carbonyl (C=O) groups is 1. The minimum Gasteiger partial charge on any atom is -0.486 e. The van der Waals surface area contributed by atoms with Crippen molar-refractivity contribution in [1.82, 2.24) is 5.32 Å². The van der Waals surface area contributed by atoms with Crippen LogP contribution in [0.1, 0.15) is 11.6 Å². The van der Waals surface area contributed by atoms with Gasteiger partial charge in [0.05, 0.1) is 12.6 Å². The van der Waals surface area contributed by atoms with Crippen molar-refractivity contribution in [3.63, 3.8) is 0 Å². The smallest absolute Gasteiger partial charge is 0.317 e. The first kappa shape index (κ1) is 12.2. The Balaban J connectivity index is 2.16. The van der Waals surface area contributed by atoms with Gasteiger partial charge in [-0.2, -0.15) is 5.26 Å². The molecule has 0 radical (unpaired) electrons. The highest BCUT2D eigenvalue weighted by Gasteiger charge is 2.16. The van der Waals surface area contributed by atoms with E-state index in [0.717, 1.165) is 0 Å². The monoisotopic (exact) mass is 248 g/mol. The summed E-state index contributed by atoms with van der Waals surface area (Å²) in [5, 5.41) is 20.2. The van der Waals surface area contributed by atoms with Crippen LogP contribution >= 0.6 is 0 Å². The largest absolute Gasteiger partial charge is 0.486 e. The highest BCUT2D eigenvalue weighted by molar-refractivity contribution is 5.69. The molecule has 6 heteroatoms. The quantitative estimate of drug-likeness (QED) is 0.814. The fourth-order valence-corrected chi connectivity index (χ4v) is 1.67. The number of hydrogen-bond donors (Lipinski definition) is 2. The summed E-state index contributed by atoms with van der Waals surface area (Å²) in [6, 6.07) is 6.46. The summed E-state index contributed by atoms with van der Waals surface area (Å²) in [5.41, 5.74) is 0.656. The van der Waals surface area contributed by atoms with Crippen molar-refractivity contribution in [2.75, 3.05) is 19.8 Å². The van der Waals surface area contributed by atoms with Crippen molar-refractivity contribution >= 4 is 5.97 Å². The van der Waals surface area contributed by atoms with Crippen molar-refractivity contribution < 1.29 is 19.4 Å². The first-order valence-electron chi connectivity index (χ1n) is 5.45. The first-order valence-corrected chi connectivity index (χ1v) is 5.45. The molecule has 0 bridgehead atoms. The van der Waals surface area contributed by atoms with Crippen molar-refractivity contribution in [3.05, 3.63) is 23.8 Å². The van der Waals surface area contributed by atoms with Crippen LogP contribution in [0.3, 0.4) is 0 Å². The molecule has 1 unspecified atom stereocenters. The second-order valence-corrected chi connectivity index (χ2v) is 3.74. The molecule has 0 spiro atoms. The Morgan fingerprint density at radius 1 is 1.44 bits per heavy atom. The molecule has 1 atom stereocenters. The fraction of sp³-hybridized carbons (Fsp3) is 0.333. The maximum atomic E-state index is 10.5. The third-order valence-corrected chi connectivity index (χ3v) is 2.49. The van der Waals surface area contributed by atoms with E-state index in [1.54, 1.807) is 18.2 Å². The molecule has 2 rings (SSSR count). The molecule has 1 aromatic carbocycles. The second-order valence-electron chi connectivity index (χ2n) is 3.74. The number of nitrogens with one attached hydrogen (secondary N) is 1. The van der Waals surface area contributed by atoms with Gasteiger partial charge in [0.15, 0.2) is 11.5 Å². The molecule has 0 aromatic heterocycles. The molecule has 0 fully saturated rings. The average molecular weight is 248 g/mol. The Hall–Kier alpha value is -2.26. The average Bonchev–Trinajstić information content (AvgIpc) is 2.39. The summed E-state index contributed by atoms with van der Waals surface area (Å²) in [6.07, 6.45) is 0. The number of carboxylic acid groups (broad SMARTS) is 1. The molecular weight excluding hydrogens is 236 g/mol. The van der Waals surface area contributed by atoms with E-state index >= 15 is 0 Å². The van der Waals surface area contributed by atoms with Gasteiger partial charge in [-0.3, -0.25) is 10.1 Å². The number of nitrogens with zero attached hydrogens (tertiary/aromatic N) is 1. The van der Waals surface area contributed by atoms with Gasteiger partial charge in [-0.1, -0.05) is 6.07 Å². The molecule has 1 aromatic rings. The van der Waals surface area contributed by atoms with Crippen LogP contribution < -0.4 is 14.8 Å². The topological polar surface area (TPSA) is 91.6 Å². The van der Waals surface area contributed by atoms with Crippen LogP contribution in [0.2, 0.25) is 0 Å². The van der Waals surface area contributed by atoms with Gasteiger partial charge in [0.1, 0.15) is 19.3 Å². The van der Waals surface area contributed by atoms with E-state index in [-0.39, 0.29) is 6.54 Å². The summed E-state index contributed by atoms with van der Waals surface area (Å²) in [5.74, 6) is 0.212. The van der Waals surface area contributed by atoms with E-state index < -0.39 is 12.0 Å². The van der Waals surface area contributed by atoms with Gasteiger partial charge < -0.3 is 14.6 Å². The molecule has 18 heavy (non-hydrogen) atoms. The van der Waals surface area contributed by atoms with Crippen molar-refractivity contribution in [2.45, 2.75) is 6.04 Å². The number of fused-ring (bicyclic) bond motifs is 1. The van der Waals surface area contributed by atoms with Gasteiger partial charge in [0.25, 0.3) is 0 Å². The Kier molecular flexibility index (Phi) is 3.65. The number of ether oxygens (including phenoxy) is 2. The van der Waals surface area contributed by atoms with Crippen LogP contribution in [0.4, 0.5) is 0 Å². The Morgan fingerprint density at radius 3 is 2.83 bits per heavy atom. The Labute approximate surface area is 104 Å². The first-order chi connectivity index (χ1) is 8.70. The highest BCUT2D eigenvalue weighted by atomic mass is 16.6. The summed E-state index contributed by atoms with van der Waals surface area (Å²) in [6.45, 7) is 0.703. The lowest BCUT2D eigenvalue weighted by atomic mass is 10.1. The van der Waals surface area contributed by atoms with Gasteiger partial charge in [-0.25, -0.2) is 0 Å². The summed E-state index contributed by atoms with van der Waals surface area (Å²) in [4.78, 5) is 10.5. The molecule has 0 aliphatic carbocycles. The number of rotatable bonds is 4. The third kappa shape index (κ3) is 2.70. The van der Waals surface area contributed by atoms with Gasteiger partial charge in [0.2, 0.25) is 0 Å². The second kappa shape index (κ2) is 5.38. The van der Waals surface area contributed by atoms with Crippen LogP contribution in [0.25, 0.3) is 0 Å². The Morgan fingerprint density at radius 2 is 2.17 bits per heavy atom. The van der Waals surface area contributed by atoms with E-state index in [1.165, 1.54) is 0 Å². The van der Waals surface area contributed by atoms with Gasteiger partial charge in [0, 0.05) is 0 Å². The summed E-state index contributed by atoms with van der Waals surface area (Å²) < 4.78 is 10.8. The van der Waals surface area contributed by atoms with Crippen LogP contribution in [-0.4, -0.2) is 30.8 Å². The molecule has 1 heterocycles. The SMILES string of the molecule is N#CC(NCC(=O)O)c1ccc2c(c1)OCCO2. The van der Waals surface area contributed by atoms with Crippen LogP contribution in [-0.2, 0) is 4.79 Å². The molecule has 0 saturated carbocycles. The molecule has 0 saturated heterocycles. The lowest BCUT2D eigenvalue weighted by molar-refractivity contribution is -0.136. The van der Waals surface area contributed by atoms with Crippen LogP contribution in [0.5, 0.6) is 11.5 Å². The predicted molar refractivity (Wildman–Crippen MR) is 61.4 cm³/mol. The predicted octanol–water partition coefficient (Wildman–Crippen LogP) is 0.697. The lowest BCUT2D eigenvalue weighted by Gasteiger charge is -2.20. The molecule has 6 nitrogen and oxygen atoms in total. The minimum absolute atomic E-state index is 0.271. The normalized spacial score (nSPS) is 14.6. The van der Waals surface area contributed by atoms with Crippen molar-refractivity contribution in [1.29, 1.82) is 5.26 Å². The zero-order valence-electron chi connectivity index (χ0n) is 9.55. The zero-order chi connectivity index (χ0) is 13.0. The lowest BCUT2D eigenvalue weighted by Crippen LogP contribution is -2.26. The van der Waals surface area contributed by atoms with E-state index in [1.807, 2.05) is 6.07 Å². The zero-order valence-corrected chi connectivity index (χ0v) is 9.55. The Bertz CT molecular complexity index is 495. The maximum absolute atomic E-state index is 10.5. The van der Waals surface area contributed by atoms with Crippen molar-refractivity contribution in [3.8, 4) is 17.6 Å². The third-order valence-electron chi connectivity index (χ3n) is 2.49. The fourth-order valence-electron chi connectivity index (χ4n) is 1.67. The van der Waals surface area contributed by atoms with Gasteiger partial charge in [-0.15, -0.1) is 0 Å². The molecule has 0 amide bonds. The van der Waals surface area contributed by atoms with E-state index in [9.17, 15) is 4.79 Å². The standard InChI is InChI=1S/C12H12N2O4/c13-6-9(14-7-12(15)16)8-1-2-10-11(5-8)18-4-3-17-10/h1-2,5,9,14H,3-4,7H2,(H,15,16).